The lowest BCUT2D eigenvalue weighted by atomic mass is 9.80. The highest BCUT2D eigenvalue weighted by atomic mass is 35.5. The molecule has 37 heavy (non-hydrogen) atoms. The molecule has 2 aromatic heterocycles. The Balaban J connectivity index is 1.37. The molecule has 0 bridgehead atoms. The maximum Gasteiger partial charge on any atom is 0.306 e. The van der Waals surface area contributed by atoms with E-state index in [9.17, 15) is 9.59 Å². The van der Waals surface area contributed by atoms with E-state index in [1.165, 1.54) is 0 Å². The van der Waals surface area contributed by atoms with Crippen LogP contribution in [0.4, 0.5) is 5.82 Å². The van der Waals surface area contributed by atoms with Crippen molar-refractivity contribution in [2.75, 3.05) is 50.7 Å². The highest BCUT2D eigenvalue weighted by Gasteiger charge is 2.34. The second kappa shape index (κ2) is 12.2. The largest absolute Gasteiger partial charge is 0.460 e. The van der Waals surface area contributed by atoms with E-state index in [0.717, 1.165) is 51.4 Å². The van der Waals surface area contributed by atoms with Crippen LogP contribution in [0, 0.1) is 11.8 Å². The zero-order valence-corrected chi connectivity index (χ0v) is 22.9. The van der Waals surface area contributed by atoms with Gasteiger partial charge in [-0.15, -0.1) is 0 Å². The number of anilines is 1. The molecule has 0 N–H and O–H groups in total. The van der Waals surface area contributed by atoms with Gasteiger partial charge in [-0.2, -0.15) is 0 Å². The lowest BCUT2D eigenvalue weighted by Crippen LogP contribution is -2.49. The Bertz CT molecular complexity index is 1050. The highest BCUT2D eigenvalue weighted by molar-refractivity contribution is 6.29. The minimum absolute atomic E-state index is 0.0333. The lowest BCUT2D eigenvalue weighted by Gasteiger charge is -2.40. The van der Waals surface area contributed by atoms with E-state index in [2.05, 4.69) is 25.8 Å². The number of ether oxygens (including phenoxy) is 1. The second-order valence-electron chi connectivity index (χ2n) is 11.0. The van der Waals surface area contributed by atoms with Gasteiger partial charge in [0.2, 0.25) is 0 Å². The number of esters is 1. The van der Waals surface area contributed by atoms with E-state index < -0.39 is 5.60 Å². The molecule has 1 amide bonds. The number of hydrogen-bond donors (Lipinski definition) is 0. The summed E-state index contributed by atoms with van der Waals surface area (Å²) in [7, 11) is 0. The summed E-state index contributed by atoms with van der Waals surface area (Å²) in [6.45, 7) is 11.7. The van der Waals surface area contributed by atoms with E-state index >= 15 is 0 Å². The molecule has 4 heterocycles. The molecule has 200 valence electrons. The molecule has 9 heteroatoms. The van der Waals surface area contributed by atoms with Crippen LogP contribution in [-0.2, 0) is 9.53 Å². The molecule has 4 rings (SSSR count). The van der Waals surface area contributed by atoms with Crippen molar-refractivity contribution in [2.24, 2.45) is 11.8 Å². The molecular formula is C28H38ClN5O3. The average molecular weight is 528 g/mol. The van der Waals surface area contributed by atoms with E-state index in [-0.39, 0.29) is 23.7 Å². The van der Waals surface area contributed by atoms with Crippen molar-refractivity contribution >= 4 is 29.3 Å². The van der Waals surface area contributed by atoms with Gasteiger partial charge in [0, 0.05) is 63.6 Å². The molecule has 0 radical (unpaired) electrons. The molecule has 2 unspecified atom stereocenters. The third-order valence-corrected chi connectivity index (χ3v) is 7.37. The van der Waals surface area contributed by atoms with Crippen LogP contribution in [0.3, 0.4) is 0 Å². The van der Waals surface area contributed by atoms with Gasteiger partial charge in [-0.1, -0.05) is 17.7 Å². The van der Waals surface area contributed by atoms with Crippen molar-refractivity contribution in [3.63, 3.8) is 0 Å². The summed E-state index contributed by atoms with van der Waals surface area (Å²) in [4.78, 5) is 41.1. The summed E-state index contributed by atoms with van der Waals surface area (Å²) in [5, 5.41) is 0.312. The standard InChI is InChI=1S/C28H38ClN5O3/c1-28(2,3)37-26(35)19-21-9-13-34(27(36)22-7-11-30-24(29)18-22)20-23(21)8-12-32-14-16-33(17-15-32)25-6-4-5-10-31-25/h4-7,10-11,18,21,23H,8-9,12-17,19-20H2,1-3H3. The molecule has 0 aliphatic carbocycles. The molecule has 8 nitrogen and oxygen atoms in total. The van der Waals surface area contributed by atoms with Gasteiger partial charge in [0.25, 0.3) is 5.91 Å². The van der Waals surface area contributed by atoms with Crippen molar-refractivity contribution in [3.05, 3.63) is 53.4 Å². The Labute approximate surface area is 225 Å². The van der Waals surface area contributed by atoms with Crippen molar-refractivity contribution in [1.29, 1.82) is 0 Å². The number of piperazine rings is 1. The summed E-state index contributed by atoms with van der Waals surface area (Å²) in [6.07, 6.45) is 5.49. The third kappa shape index (κ3) is 7.89. The van der Waals surface area contributed by atoms with Gasteiger partial charge in [-0.3, -0.25) is 14.5 Å². The number of amides is 1. The predicted octanol–water partition coefficient (Wildman–Crippen LogP) is 4.15. The van der Waals surface area contributed by atoms with Crippen LogP contribution in [0.2, 0.25) is 5.15 Å². The molecule has 2 aromatic rings. The number of nitrogens with zero attached hydrogens (tertiary/aromatic N) is 5. The molecular weight excluding hydrogens is 490 g/mol. The number of pyridine rings is 2. The Hall–Kier alpha value is -2.71. The fourth-order valence-electron chi connectivity index (χ4n) is 5.27. The summed E-state index contributed by atoms with van der Waals surface area (Å²) < 4.78 is 5.63. The van der Waals surface area contributed by atoms with Gasteiger partial charge < -0.3 is 14.5 Å². The number of carbonyl (C=O) groups is 2. The average Bonchev–Trinajstić information content (AvgIpc) is 2.87. The smallest absolute Gasteiger partial charge is 0.306 e. The maximum absolute atomic E-state index is 13.2. The van der Waals surface area contributed by atoms with Crippen LogP contribution in [-0.4, -0.2) is 83.1 Å². The number of aromatic nitrogens is 2. The van der Waals surface area contributed by atoms with Crippen LogP contribution in [0.1, 0.15) is 50.4 Å². The fourth-order valence-corrected chi connectivity index (χ4v) is 5.44. The van der Waals surface area contributed by atoms with Crippen LogP contribution < -0.4 is 4.90 Å². The molecule has 2 atom stereocenters. The van der Waals surface area contributed by atoms with Crippen molar-refractivity contribution in [2.45, 2.75) is 45.6 Å². The van der Waals surface area contributed by atoms with Gasteiger partial charge in [-0.05, 0) is 76.3 Å². The molecule has 2 fully saturated rings. The molecule has 0 aromatic carbocycles. The first-order valence-electron chi connectivity index (χ1n) is 13.2. The van der Waals surface area contributed by atoms with E-state index in [0.29, 0.717) is 30.2 Å². The van der Waals surface area contributed by atoms with Crippen LogP contribution in [0.15, 0.2) is 42.7 Å². The third-order valence-electron chi connectivity index (χ3n) is 7.16. The quantitative estimate of drug-likeness (QED) is 0.395. The topological polar surface area (TPSA) is 78.9 Å². The van der Waals surface area contributed by atoms with Gasteiger partial charge in [0.1, 0.15) is 16.6 Å². The van der Waals surface area contributed by atoms with E-state index in [1.54, 1.807) is 18.3 Å². The zero-order chi connectivity index (χ0) is 26.4. The van der Waals surface area contributed by atoms with Crippen molar-refractivity contribution < 1.29 is 14.3 Å². The fraction of sp³-hybridized carbons (Fsp3) is 0.571. The normalized spacial score (nSPS) is 21.1. The van der Waals surface area contributed by atoms with Crippen LogP contribution >= 0.6 is 11.6 Å². The Kier molecular flexibility index (Phi) is 9.03. The Morgan fingerprint density at radius 1 is 1.03 bits per heavy atom. The minimum atomic E-state index is -0.503. The van der Waals surface area contributed by atoms with Gasteiger partial charge in [0.15, 0.2) is 0 Å². The summed E-state index contributed by atoms with van der Waals surface area (Å²) >= 11 is 6.03. The van der Waals surface area contributed by atoms with Gasteiger partial charge in [0.05, 0.1) is 0 Å². The SMILES string of the molecule is CC(C)(C)OC(=O)CC1CCN(C(=O)c2ccnc(Cl)c2)CC1CCN1CCN(c2ccccn2)CC1. The Morgan fingerprint density at radius 3 is 2.49 bits per heavy atom. The molecule has 0 saturated carbocycles. The number of hydrogen-bond acceptors (Lipinski definition) is 7. The number of carbonyl (C=O) groups excluding carboxylic acids is 2. The first kappa shape index (κ1) is 27.3. The van der Waals surface area contributed by atoms with Crippen molar-refractivity contribution in [1.82, 2.24) is 19.8 Å². The van der Waals surface area contributed by atoms with Gasteiger partial charge >= 0.3 is 5.97 Å². The Morgan fingerprint density at radius 2 is 1.81 bits per heavy atom. The monoisotopic (exact) mass is 527 g/mol. The van der Waals surface area contributed by atoms with Crippen LogP contribution in [0.5, 0.6) is 0 Å². The number of rotatable bonds is 7. The van der Waals surface area contributed by atoms with E-state index in [4.69, 9.17) is 16.3 Å². The van der Waals surface area contributed by atoms with Crippen molar-refractivity contribution in [3.8, 4) is 0 Å². The van der Waals surface area contributed by atoms with Crippen LogP contribution in [0.25, 0.3) is 0 Å². The summed E-state index contributed by atoms with van der Waals surface area (Å²) in [5.74, 6) is 1.24. The summed E-state index contributed by atoms with van der Waals surface area (Å²) in [5.41, 5.74) is 0.0481. The number of likely N-dealkylation sites (tertiary alicyclic amines) is 1. The number of piperidine rings is 1. The predicted molar refractivity (Wildman–Crippen MR) is 145 cm³/mol. The molecule has 2 aliphatic heterocycles. The summed E-state index contributed by atoms with van der Waals surface area (Å²) in [6, 6.07) is 9.34. The lowest BCUT2D eigenvalue weighted by molar-refractivity contribution is -0.156. The van der Waals surface area contributed by atoms with E-state index in [1.807, 2.05) is 44.0 Å². The number of halogens is 1. The second-order valence-corrected chi connectivity index (χ2v) is 11.4. The highest BCUT2D eigenvalue weighted by Crippen LogP contribution is 2.31. The molecule has 0 spiro atoms. The molecule has 2 saturated heterocycles. The molecule has 2 aliphatic rings. The minimum Gasteiger partial charge on any atom is -0.460 e. The first-order valence-corrected chi connectivity index (χ1v) is 13.6. The van der Waals surface area contributed by atoms with Gasteiger partial charge in [-0.25, -0.2) is 9.97 Å². The first-order chi connectivity index (χ1) is 17.7. The maximum atomic E-state index is 13.2. The zero-order valence-electron chi connectivity index (χ0n) is 22.1.